The number of aromatic nitrogens is 5. The number of carboxylic acids is 1. The Bertz CT molecular complexity index is 1410. The van der Waals surface area contributed by atoms with Crippen molar-refractivity contribution in [2.24, 2.45) is 18.9 Å². The highest BCUT2D eigenvalue weighted by Gasteiger charge is 2.46. The minimum absolute atomic E-state index is 0.00173. The Morgan fingerprint density at radius 2 is 2.00 bits per heavy atom. The lowest BCUT2D eigenvalue weighted by Gasteiger charge is -2.49. The van der Waals surface area contributed by atoms with Gasteiger partial charge in [-0.15, -0.1) is 0 Å². The molecule has 2 unspecified atom stereocenters. The third kappa shape index (κ3) is 3.06. The van der Waals surface area contributed by atoms with Gasteiger partial charge in [-0.2, -0.15) is 5.10 Å². The van der Waals surface area contributed by atoms with Crippen molar-refractivity contribution in [3.05, 3.63) is 36.0 Å². The number of anilines is 1. The second kappa shape index (κ2) is 7.20. The van der Waals surface area contributed by atoms with Gasteiger partial charge in [0.1, 0.15) is 28.5 Å². The number of carbonyl (C=O) groups is 1. The number of carboxylic acid groups (broad SMARTS) is 1. The molecular weight excluding hydrogens is 432 g/mol. The lowest BCUT2D eigenvalue weighted by molar-refractivity contribution is -0.151. The maximum absolute atomic E-state index is 14.2. The Balaban J connectivity index is 1.49. The van der Waals surface area contributed by atoms with Crippen molar-refractivity contribution in [3.63, 3.8) is 0 Å². The van der Waals surface area contributed by atoms with Gasteiger partial charge >= 0.3 is 5.97 Å². The van der Waals surface area contributed by atoms with E-state index >= 15 is 0 Å². The zero-order valence-corrected chi connectivity index (χ0v) is 17.7. The van der Waals surface area contributed by atoms with Gasteiger partial charge in [-0.1, -0.05) is 0 Å². The number of nitrogens with zero attached hydrogens (tertiary/aromatic N) is 5. The third-order valence-corrected chi connectivity index (χ3v) is 6.91. The normalized spacial score (nSPS) is 24.6. The Labute approximate surface area is 186 Å². The van der Waals surface area contributed by atoms with Crippen LogP contribution in [-0.2, 0) is 11.8 Å². The molecule has 9 nitrogen and oxygen atoms in total. The molecule has 6 heterocycles. The molecule has 3 fully saturated rings. The van der Waals surface area contributed by atoms with Crippen LogP contribution in [-0.4, -0.2) is 60.0 Å². The maximum atomic E-state index is 14.2. The van der Waals surface area contributed by atoms with Crippen molar-refractivity contribution < 1.29 is 18.7 Å². The van der Waals surface area contributed by atoms with Crippen LogP contribution in [0.5, 0.6) is 0 Å². The molecule has 3 aliphatic heterocycles. The van der Waals surface area contributed by atoms with Crippen LogP contribution in [0, 0.1) is 23.5 Å². The van der Waals surface area contributed by atoms with E-state index in [9.17, 15) is 18.7 Å². The lowest BCUT2D eigenvalue weighted by atomic mass is 9.76. The standard InChI is InChI=1S/C22H21F2N7O2/c1-30-5-4-12-18(26-21-15(22(32)33)10-2-6-31(21)7-3-10)25-19(27-20(12)30)17-13-8-11(23)9-14(24)16(13)28-29-17/h4-5,8-10,15,21H,2-3,6-7H2,1H3,(H,28,29)(H,32,33)(H,25,26,27). The van der Waals surface area contributed by atoms with Crippen molar-refractivity contribution in [1.82, 2.24) is 29.6 Å². The van der Waals surface area contributed by atoms with Gasteiger partial charge in [0.05, 0.1) is 17.5 Å². The zero-order valence-electron chi connectivity index (χ0n) is 17.7. The first kappa shape index (κ1) is 20.0. The highest BCUT2D eigenvalue weighted by molar-refractivity contribution is 5.95. The van der Waals surface area contributed by atoms with Gasteiger partial charge in [0, 0.05) is 37.8 Å². The summed E-state index contributed by atoms with van der Waals surface area (Å²) in [5.41, 5.74) is 0.887. The number of H-pyrrole nitrogens is 1. The SMILES string of the molecule is Cn1ccc2c(NC3C(C(=O)O)C4CCN3CC4)nc(-c3[nH]nc4c(F)cc(F)cc34)nc21. The fourth-order valence-corrected chi connectivity index (χ4v) is 5.27. The van der Waals surface area contributed by atoms with Crippen LogP contribution >= 0.6 is 0 Å². The number of nitrogens with one attached hydrogen (secondary N) is 2. The highest BCUT2D eigenvalue weighted by Crippen LogP contribution is 2.39. The Morgan fingerprint density at radius 3 is 2.76 bits per heavy atom. The monoisotopic (exact) mass is 453 g/mol. The molecule has 1 aromatic carbocycles. The average Bonchev–Trinajstić information content (AvgIpc) is 3.38. The Kier molecular flexibility index (Phi) is 4.37. The summed E-state index contributed by atoms with van der Waals surface area (Å²) in [6.45, 7) is 1.65. The molecule has 3 aromatic heterocycles. The van der Waals surface area contributed by atoms with E-state index in [0.29, 0.717) is 11.5 Å². The van der Waals surface area contributed by atoms with Crippen LogP contribution in [0.3, 0.4) is 0 Å². The van der Waals surface area contributed by atoms with Gasteiger partial charge in [0.15, 0.2) is 11.6 Å². The molecule has 4 aromatic rings. The van der Waals surface area contributed by atoms with Crippen LogP contribution in [0.15, 0.2) is 24.4 Å². The number of aryl methyl sites for hydroxylation is 1. The number of piperidine rings is 3. The van der Waals surface area contributed by atoms with Gasteiger partial charge in [0.2, 0.25) is 0 Å². The fraction of sp³-hybridized carbons (Fsp3) is 0.364. The van der Waals surface area contributed by atoms with E-state index in [2.05, 4.69) is 30.4 Å². The number of aliphatic carboxylic acids is 1. The molecule has 170 valence electrons. The minimum atomic E-state index is -0.828. The fourth-order valence-electron chi connectivity index (χ4n) is 5.27. The summed E-state index contributed by atoms with van der Waals surface area (Å²) in [7, 11) is 1.83. The second-order valence-electron chi connectivity index (χ2n) is 8.77. The zero-order chi connectivity index (χ0) is 22.9. The van der Waals surface area contributed by atoms with E-state index in [0.717, 1.165) is 37.4 Å². The molecule has 33 heavy (non-hydrogen) atoms. The topological polar surface area (TPSA) is 112 Å². The molecule has 0 aliphatic carbocycles. The largest absolute Gasteiger partial charge is 0.481 e. The van der Waals surface area contributed by atoms with E-state index < -0.39 is 29.7 Å². The molecule has 11 heteroatoms. The summed E-state index contributed by atoms with van der Waals surface area (Å²) < 4.78 is 29.9. The number of fused-ring (bicyclic) bond motifs is 5. The summed E-state index contributed by atoms with van der Waals surface area (Å²) in [6.07, 6.45) is 3.15. The van der Waals surface area contributed by atoms with Crippen molar-refractivity contribution >= 4 is 33.7 Å². The van der Waals surface area contributed by atoms with E-state index in [-0.39, 0.29) is 28.3 Å². The third-order valence-electron chi connectivity index (χ3n) is 6.91. The summed E-state index contributed by atoms with van der Waals surface area (Å²) in [4.78, 5) is 23.5. The molecule has 3 aliphatic rings. The average molecular weight is 453 g/mol. The predicted molar refractivity (Wildman–Crippen MR) is 116 cm³/mol. The van der Waals surface area contributed by atoms with Crippen molar-refractivity contribution in [2.75, 3.05) is 18.4 Å². The molecule has 2 atom stereocenters. The van der Waals surface area contributed by atoms with Gasteiger partial charge in [0.25, 0.3) is 0 Å². The van der Waals surface area contributed by atoms with Gasteiger partial charge in [-0.3, -0.25) is 14.8 Å². The van der Waals surface area contributed by atoms with Gasteiger partial charge < -0.3 is 15.0 Å². The number of benzene rings is 1. The number of rotatable bonds is 4. The van der Waals surface area contributed by atoms with E-state index in [4.69, 9.17) is 0 Å². The number of halogens is 2. The molecule has 3 N–H and O–H groups in total. The first-order chi connectivity index (χ1) is 15.9. The van der Waals surface area contributed by atoms with Crippen LogP contribution in [0.4, 0.5) is 14.6 Å². The van der Waals surface area contributed by atoms with Crippen LogP contribution in [0.25, 0.3) is 33.5 Å². The number of hydrogen-bond acceptors (Lipinski definition) is 6. The lowest BCUT2D eigenvalue weighted by Crippen LogP contribution is -2.60. The number of hydrogen-bond donors (Lipinski definition) is 3. The second-order valence-corrected chi connectivity index (χ2v) is 8.77. The first-order valence-electron chi connectivity index (χ1n) is 10.8. The summed E-state index contributed by atoms with van der Waals surface area (Å²) >= 11 is 0. The molecule has 0 amide bonds. The van der Waals surface area contributed by atoms with Gasteiger partial charge in [-0.25, -0.2) is 18.7 Å². The summed E-state index contributed by atoms with van der Waals surface area (Å²) in [6, 6.07) is 3.83. The van der Waals surface area contributed by atoms with Crippen molar-refractivity contribution in [2.45, 2.75) is 19.0 Å². The van der Waals surface area contributed by atoms with E-state index in [1.807, 2.05) is 23.9 Å². The quantitative estimate of drug-likeness (QED) is 0.436. The van der Waals surface area contributed by atoms with E-state index in [1.54, 1.807) is 0 Å². The molecule has 0 radical (unpaired) electrons. The molecular formula is C22H21F2N7O2. The number of aromatic amines is 1. The highest BCUT2D eigenvalue weighted by atomic mass is 19.1. The maximum Gasteiger partial charge on any atom is 0.310 e. The van der Waals surface area contributed by atoms with Gasteiger partial charge in [-0.05, 0) is 30.9 Å². The molecule has 0 saturated carbocycles. The predicted octanol–water partition coefficient (Wildman–Crippen LogP) is 2.95. The Hall–Kier alpha value is -3.60. The van der Waals surface area contributed by atoms with E-state index in [1.165, 1.54) is 6.07 Å². The van der Waals surface area contributed by atoms with Crippen molar-refractivity contribution in [1.29, 1.82) is 0 Å². The summed E-state index contributed by atoms with van der Waals surface area (Å²) in [5.74, 6) is -2.09. The molecule has 0 spiro atoms. The Morgan fingerprint density at radius 1 is 1.21 bits per heavy atom. The van der Waals surface area contributed by atoms with Crippen LogP contribution in [0.2, 0.25) is 0 Å². The van der Waals surface area contributed by atoms with Crippen LogP contribution in [0.1, 0.15) is 12.8 Å². The molecule has 7 rings (SSSR count). The summed E-state index contributed by atoms with van der Waals surface area (Å²) in [5, 5.41) is 21.0. The minimum Gasteiger partial charge on any atom is -0.481 e. The van der Waals surface area contributed by atoms with Crippen LogP contribution < -0.4 is 5.32 Å². The van der Waals surface area contributed by atoms with Crippen molar-refractivity contribution in [3.8, 4) is 11.5 Å². The molecule has 2 bridgehead atoms. The first-order valence-corrected chi connectivity index (χ1v) is 10.8. The smallest absolute Gasteiger partial charge is 0.310 e. The molecule has 3 saturated heterocycles.